The van der Waals surface area contributed by atoms with Gasteiger partial charge >= 0.3 is 0 Å². The zero-order chi connectivity index (χ0) is 16.6. The van der Waals surface area contributed by atoms with E-state index < -0.39 is 0 Å². The van der Waals surface area contributed by atoms with E-state index in [0.29, 0.717) is 40.0 Å². The van der Waals surface area contributed by atoms with E-state index in [9.17, 15) is 4.79 Å². The van der Waals surface area contributed by atoms with Crippen molar-refractivity contribution in [2.75, 3.05) is 12.3 Å². The summed E-state index contributed by atoms with van der Waals surface area (Å²) < 4.78 is 0.737. The third kappa shape index (κ3) is 3.64. The van der Waals surface area contributed by atoms with Gasteiger partial charge in [0.05, 0.1) is 10.7 Å². The molecule has 2 aliphatic rings. The summed E-state index contributed by atoms with van der Waals surface area (Å²) in [5.41, 5.74) is 7.50. The van der Waals surface area contributed by atoms with Crippen LogP contribution in [0.5, 0.6) is 0 Å². The molecule has 2 atom stereocenters. The molecule has 2 fully saturated rings. The molecule has 6 heteroatoms. The Balaban J connectivity index is 1.73. The first-order valence-corrected chi connectivity index (χ1v) is 9.73. The monoisotopic (exact) mass is 418 g/mol. The maximum Gasteiger partial charge on any atom is 0.222 e. The van der Waals surface area contributed by atoms with Crippen LogP contribution >= 0.6 is 39.1 Å². The van der Waals surface area contributed by atoms with Gasteiger partial charge in [0.25, 0.3) is 0 Å². The molecule has 1 aromatic carbocycles. The van der Waals surface area contributed by atoms with Gasteiger partial charge < -0.3 is 10.6 Å². The second-order valence-corrected chi connectivity index (χ2v) is 8.27. The van der Waals surface area contributed by atoms with Crippen LogP contribution < -0.4 is 5.73 Å². The van der Waals surface area contributed by atoms with Gasteiger partial charge in [0.15, 0.2) is 0 Å². The lowest BCUT2D eigenvalue weighted by atomic mass is 9.81. The molecular formula is C17H21BrCl2N2O. The maximum absolute atomic E-state index is 12.0. The van der Waals surface area contributed by atoms with Gasteiger partial charge in [-0.1, -0.05) is 29.6 Å². The smallest absolute Gasteiger partial charge is 0.222 e. The molecule has 126 valence electrons. The van der Waals surface area contributed by atoms with Crippen LogP contribution in [0.1, 0.15) is 44.1 Å². The number of amides is 1. The third-order valence-electron chi connectivity index (χ3n) is 5.10. The van der Waals surface area contributed by atoms with Gasteiger partial charge in [-0.3, -0.25) is 4.79 Å². The first kappa shape index (κ1) is 17.4. The summed E-state index contributed by atoms with van der Waals surface area (Å²) in [6, 6.07) is 2.21. The van der Waals surface area contributed by atoms with E-state index in [2.05, 4.69) is 20.8 Å². The van der Waals surface area contributed by atoms with Crippen LogP contribution in [-0.2, 0) is 11.2 Å². The van der Waals surface area contributed by atoms with Gasteiger partial charge in [0.1, 0.15) is 0 Å². The minimum Gasteiger partial charge on any atom is -0.397 e. The Bertz CT molecular complexity index is 623. The van der Waals surface area contributed by atoms with Crippen molar-refractivity contribution in [1.82, 2.24) is 4.90 Å². The van der Waals surface area contributed by atoms with Crippen LogP contribution in [0, 0.1) is 5.92 Å². The van der Waals surface area contributed by atoms with E-state index in [1.165, 1.54) is 0 Å². The number of hydrogen-bond donors (Lipinski definition) is 1. The predicted octanol–water partition coefficient (Wildman–Crippen LogP) is 5.06. The molecule has 0 aromatic heterocycles. The van der Waals surface area contributed by atoms with Gasteiger partial charge in [-0.25, -0.2) is 0 Å². The molecule has 0 spiro atoms. The van der Waals surface area contributed by atoms with Crippen molar-refractivity contribution in [1.29, 1.82) is 0 Å². The minimum atomic E-state index is 0.319. The first-order valence-electron chi connectivity index (χ1n) is 8.18. The Labute approximate surface area is 155 Å². The van der Waals surface area contributed by atoms with Crippen molar-refractivity contribution >= 4 is 50.7 Å². The van der Waals surface area contributed by atoms with Crippen LogP contribution in [0.4, 0.5) is 5.69 Å². The van der Waals surface area contributed by atoms with Crippen molar-refractivity contribution in [3.8, 4) is 0 Å². The van der Waals surface area contributed by atoms with Gasteiger partial charge in [-0.2, -0.15) is 0 Å². The average molecular weight is 420 g/mol. The van der Waals surface area contributed by atoms with Crippen LogP contribution in [0.25, 0.3) is 0 Å². The number of nitrogen functional groups attached to an aromatic ring is 1. The molecule has 2 unspecified atom stereocenters. The Morgan fingerprint density at radius 2 is 2.09 bits per heavy atom. The molecule has 3 nitrogen and oxygen atoms in total. The molecule has 2 N–H and O–H groups in total. The second-order valence-electron chi connectivity index (χ2n) is 6.63. The summed E-state index contributed by atoms with van der Waals surface area (Å²) in [7, 11) is 0. The molecule has 3 rings (SSSR count). The summed E-state index contributed by atoms with van der Waals surface area (Å²) in [5.74, 6) is 0.817. The third-order valence-corrected chi connectivity index (χ3v) is 6.52. The second kappa shape index (κ2) is 7.20. The van der Waals surface area contributed by atoms with Crippen molar-refractivity contribution in [3.63, 3.8) is 0 Å². The molecule has 1 heterocycles. The summed E-state index contributed by atoms with van der Waals surface area (Å²) in [4.78, 5) is 14.1. The number of nitrogens with two attached hydrogens (primary N) is 1. The SMILES string of the molecule is Nc1c(Br)cc(Cl)c(CC2CCCC(N3CCCC3=O)C2)c1Cl. The van der Waals surface area contributed by atoms with Gasteiger partial charge in [-0.05, 0) is 65.6 Å². The van der Waals surface area contributed by atoms with E-state index in [4.69, 9.17) is 28.9 Å². The molecule has 0 radical (unpaired) electrons. The average Bonchev–Trinajstić information content (AvgIpc) is 2.96. The number of rotatable bonds is 3. The summed E-state index contributed by atoms with van der Waals surface area (Å²) in [6.07, 6.45) is 7.00. The topological polar surface area (TPSA) is 46.3 Å². The van der Waals surface area contributed by atoms with E-state index in [0.717, 1.165) is 55.1 Å². The van der Waals surface area contributed by atoms with Crippen LogP contribution in [0.2, 0.25) is 10.0 Å². The fourth-order valence-corrected chi connectivity index (χ4v) is 5.19. The number of likely N-dealkylation sites (tertiary alicyclic amines) is 1. The number of hydrogen-bond acceptors (Lipinski definition) is 2. The Morgan fingerprint density at radius 3 is 2.78 bits per heavy atom. The molecule has 23 heavy (non-hydrogen) atoms. The number of anilines is 1. The van der Waals surface area contributed by atoms with Gasteiger partial charge in [0, 0.05) is 28.5 Å². The number of benzene rings is 1. The summed E-state index contributed by atoms with van der Waals surface area (Å²) in [5, 5.41) is 1.22. The van der Waals surface area contributed by atoms with Gasteiger partial charge in [0.2, 0.25) is 5.91 Å². The fourth-order valence-electron chi connectivity index (χ4n) is 3.91. The van der Waals surface area contributed by atoms with Crippen LogP contribution in [0.15, 0.2) is 10.5 Å². The highest BCUT2D eigenvalue weighted by atomic mass is 79.9. The molecule has 1 aliphatic heterocycles. The highest BCUT2D eigenvalue weighted by molar-refractivity contribution is 9.10. The van der Waals surface area contributed by atoms with Gasteiger partial charge in [-0.15, -0.1) is 0 Å². The molecule has 0 bridgehead atoms. The number of halogens is 3. The van der Waals surface area contributed by atoms with Crippen LogP contribution in [0.3, 0.4) is 0 Å². The molecule has 1 aliphatic carbocycles. The van der Waals surface area contributed by atoms with E-state index in [-0.39, 0.29) is 0 Å². The number of nitrogens with zero attached hydrogens (tertiary/aromatic N) is 1. The highest BCUT2D eigenvalue weighted by Crippen LogP contribution is 2.40. The highest BCUT2D eigenvalue weighted by Gasteiger charge is 2.32. The van der Waals surface area contributed by atoms with E-state index in [1.54, 1.807) is 0 Å². The zero-order valence-electron chi connectivity index (χ0n) is 13.0. The number of carbonyl (C=O) groups is 1. The maximum atomic E-state index is 12.0. The normalized spacial score (nSPS) is 25.2. The first-order chi connectivity index (χ1) is 11.0. The molecule has 1 saturated carbocycles. The van der Waals surface area contributed by atoms with E-state index >= 15 is 0 Å². The lowest BCUT2D eigenvalue weighted by Gasteiger charge is -2.35. The molecule has 1 amide bonds. The lowest BCUT2D eigenvalue weighted by molar-refractivity contribution is -0.130. The standard InChI is InChI=1S/C17H21BrCl2N2O/c18-13-9-14(19)12(16(20)17(13)21)8-10-3-1-4-11(7-10)22-6-2-5-15(22)23/h9-11H,1-8,21H2. The zero-order valence-corrected chi connectivity index (χ0v) is 16.1. The molecule has 1 saturated heterocycles. The Kier molecular flexibility index (Phi) is 5.44. The predicted molar refractivity (Wildman–Crippen MR) is 99.0 cm³/mol. The number of carbonyl (C=O) groups excluding carboxylic acids is 1. The summed E-state index contributed by atoms with van der Waals surface area (Å²) >= 11 is 16.2. The molecule has 1 aromatic rings. The fraction of sp³-hybridized carbons (Fsp3) is 0.588. The summed E-state index contributed by atoms with van der Waals surface area (Å²) in [6.45, 7) is 0.920. The minimum absolute atomic E-state index is 0.319. The van der Waals surface area contributed by atoms with Crippen molar-refractivity contribution in [2.45, 2.75) is 51.0 Å². The largest absolute Gasteiger partial charge is 0.397 e. The molecular weight excluding hydrogens is 399 g/mol. The Morgan fingerprint density at radius 1 is 1.30 bits per heavy atom. The van der Waals surface area contributed by atoms with Crippen LogP contribution in [-0.4, -0.2) is 23.4 Å². The quantitative estimate of drug-likeness (QED) is 0.695. The Hall–Kier alpha value is -0.450. The van der Waals surface area contributed by atoms with Crippen molar-refractivity contribution in [3.05, 3.63) is 26.1 Å². The van der Waals surface area contributed by atoms with E-state index in [1.807, 2.05) is 6.07 Å². The van der Waals surface area contributed by atoms with Crippen molar-refractivity contribution < 1.29 is 4.79 Å². The lowest BCUT2D eigenvalue weighted by Crippen LogP contribution is -2.39. The van der Waals surface area contributed by atoms with Crippen molar-refractivity contribution in [2.24, 2.45) is 5.92 Å².